The van der Waals surface area contributed by atoms with Crippen LogP contribution in [0.4, 0.5) is 0 Å². The minimum absolute atomic E-state index is 0.0225. The summed E-state index contributed by atoms with van der Waals surface area (Å²) in [6.07, 6.45) is 0.287. The number of hydrogen-bond acceptors (Lipinski definition) is 2. The molecule has 0 saturated carbocycles. The lowest BCUT2D eigenvalue weighted by Crippen LogP contribution is -2.30. The van der Waals surface area contributed by atoms with Crippen molar-refractivity contribution in [2.75, 3.05) is 13.1 Å². The van der Waals surface area contributed by atoms with Gasteiger partial charge in [-0.2, -0.15) is 0 Å². The number of nitrogens with zero attached hydrogens (tertiary/aromatic N) is 1. The molecular formula is C12H14ClNO2. The molecule has 1 N–H and O–H groups in total. The smallest absolute Gasteiger partial charge is 0.254 e. The summed E-state index contributed by atoms with van der Waals surface area (Å²) < 4.78 is 0. The molecule has 1 aliphatic heterocycles. The molecule has 0 aliphatic carbocycles. The molecular weight excluding hydrogens is 226 g/mol. The SMILES string of the molecule is Cc1cc(Cl)ccc1C(=O)N1CC[C@H](O)C1. The second kappa shape index (κ2) is 4.44. The Bertz CT molecular complexity index is 419. The summed E-state index contributed by atoms with van der Waals surface area (Å²) in [6.45, 7) is 2.93. The molecule has 1 amide bonds. The number of halogens is 1. The number of carbonyl (C=O) groups is 1. The third kappa shape index (κ3) is 2.20. The number of rotatable bonds is 1. The van der Waals surface area contributed by atoms with Gasteiger partial charge in [0.2, 0.25) is 0 Å². The van der Waals surface area contributed by atoms with Crippen LogP contribution in [-0.4, -0.2) is 35.1 Å². The first-order valence-electron chi connectivity index (χ1n) is 5.31. The number of benzene rings is 1. The highest BCUT2D eigenvalue weighted by Crippen LogP contribution is 2.19. The van der Waals surface area contributed by atoms with Crippen LogP contribution < -0.4 is 0 Å². The zero-order chi connectivity index (χ0) is 11.7. The molecule has 1 fully saturated rings. The zero-order valence-electron chi connectivity index (χ0n) is 9.11. The van der Waals surface area contributed by atoms with Crippen molar-refractivity contribution in [1.29, 1.82) is 0 Å². The van der Waals surface area contributed by atoms with Gasteiger partial charge in [0.1, 0.15) is 0 Å². The highest BCUT2D eigenvalue weighted by molar-refractivity contribution is 6.30. The number of carbonyl (C=O) groups excluding carboxylic acids is 1. The molecule has 1 aliphatic rings. The average molecular weight is 240 g/mol. The number of aliphatic hydroxyl groups is 1. The molecule has 86 valence electrons. The average Bonchev–Trinajstić information content (AvgIpc) is 2.64. The van der Waals surface area contributed by atoms with Gasteiger partial charge in [-0.1, -0.05) is 11.6 Å². The number of likely N-dealkylation sites (tertiary alicyclic amines) is 1. The molecule has 0 unspecified atom stereocenters. The van der Waals surface area contributed by atoms with Gasteiger partial charge < -0.3 is 10.0 Å². The minimum atomic E-state index is -0.378. The Balaban J connectivity index is 2.21. The minimum Gasteiger partial charge on any atom is -0.391 e. The van der Waals surface area contributed by atoms with Gasteiger partial charge in [-0.05, 0) is 37.1 Å². The second-order valence-electron chi connectivity index (χ2n) is 4.15. The fourth-order valence-corrected chi connectivity index (χ4v) is 2.19. The lowest BCUT2D eigenvalue weighted by molar-refractivity contribution is 0.0764. The topological polar surface area (TPSA) is 40.5 Å². The molecule has 1 aromatic carbocycles. The molecule has 0 bridgehead atoms. The molecule has 1 saturated heterocycles. The molecule has 4 heteroatoms. The summed E-state index contributed by atoms with van der Waals surface area (Å²) in [4.78, 5) is 13.8. The van der Waals surface area contributed by atoms with Crippen LogP contribution in [0.3, 0.4) is 0 Å². The molecule has 0 spiro atoms. The van der Waals surface area contributed by atoms with E-state index in [9.17, 15) is 9.90 Å². The van der Waals surface area contributed by atoms with Gasteiger partial charge in [0.25, 0.3) is 5.91 Å². The standard InChI is InChI=1S/C12H14ClNO2/c1-8-6-9(13)2-3-11(8)12(16)14-5-4-10(15)7-14/h2-3,6,10,15H,4-5,7H2,1H3/t10-/m0/s1. The fraction of sp³-hybridized carbons (Fsp3) is 0.417. The Labute approximate surface area is 99.6 Å². The van der Waals surface area contributed by atoms with Gasteiger partial charge >= 0.3 is 0 Å². The second-order valence-corrected chi connectivity index (χ2v) is 4.59. The summed E-state index contributed by atoms with van der Waals surface area (Å²) in [5.41, 5.74) is 1.54. The van der Waals surface area contributed by atoms with Crippen molar-refractivity contribution in [1.82, 2.24) is 4.90 Å². The van der Waals surface area contributed by atoms with Crippen LogP contribution in [0.2, 0.25) is 5.02 Å². The van der Waals surface area contributed by atoms with Crippen LogP contribution in [-0.2, 0) is 0 Å². The number of aryl methyl sites for hydroxylation is 1. The van der Waals surface area contributed by atoms with E-state index in [2.05, 4.69) is 0 Å². The molecule has 16 heavy (non-hydrogen) atoms. The van der Waals surface area contributed by atoms with Gasteiger partial charge in [0.05, 0.1) is 6.10 Å². The first-order chi connectivity index (χ1) is 7.58. The normalized spacial score (nSPS) is 20.2. The van der Waals surface area contributed by atoms with Gasteiger partial charge in [-0.15, -0.1) is 0 Å². The van der Waals surface area contributed by atoms with E-state index in [1.54, 1.807) is 23.1 Å². The molecule has 1 atom stereocenters. The number of amides is 1. The zero-order valence-corrected chi connectivity index (χ0v) is 9.87. The van der Waals surface area contributed by atoms with Gasteiger partial charge in [-0.25, -0.2) is 0 Å². The molecule has 2 rings (SSSR count). The summed E-state index contributed by atoms with van der Waals surface area (Å²) in [5, 5.41) is 10.0. The maximum atomic E-state index is 12.1. The Hall–Kier alpha value is -1.06. The lowest BCUT2D eigenvalue weighted by atomic mass is 10.1. The highest BCUT2D eigenvalue weighted by atomic mass is 35.5. The maximum Gasteiger partial charge on any atom is 0.254 e. The molecule has 3 nitrogen and oxygen atoms in total. The maximum absolute atomic E-state index is 12.1. The van der Waals surface area contributed by atoms with Crippen molar-refractivity contribution in [3.63, 3.8) is 0 Å². The molecule has 0 radical (unpaired) electrons. The van der Waals surface area contributed by atoms with E-state index >= 15 is 0 Å². The third-order valence-corrected chi connectivity index (χ3v) is 3.10. The Morgan fingerprint density at radius 2 is 2.31 bits per heavy atom. The fourth-order valence-electron chi connectivity index (χ4n) is 1.96. The van der Waals surface area contributed by atoms with E-state index in [0.29, 0.717) is 30.1 Å². The van der Waals surface area contributed by atoms with Crippen molar-refractivity contribution in [3.05, 3.63) is 34.3 Å². The van der Waals surface area contributed by atoms with E-state index in [-0.39, 0.29) is 12.0 Å². The summed E-state index contributed by atoms with van der Waals surface area (Å²) in [7, 11) is 0. The number of β-amino-alcohol motifs (C(OH)–C–C–N with tert-alkyl or cyclic N) is 1. The highest BCUT2D eigenvalue weighted by Gasteiger charge is 2.26. The van der Waals surface area contributed by atoms with Crippen LogP contribution in [0.1, 0.15) is 22.3 Å². The van der Waals surface area contributed by atoms with E-state index < -0.39 is 0 Å². The monoisotopic (exact) mass is 239 g/mol. The predicted molar refractivity (Wildman–Crippen MR) is 62.7 cm³/mol. The Morgan fingerprint density at radius 1 is 1.56 bits per heavy atom. The lowest BCUT2D eigenvalue weighted by Gasteiger charge is -2.16. The molecule has 1 aromatic rings. The summed E-state index contributed by atoms with van der Waals surface area (Å²) in [5.74, 6) is -0.0225. The first-order valence-corrected chi connectivity index (χ1v) is 5.69. The molecule has 0 aromatic heterocycles. The summed E-state index contributed by atoms with van der Waals surface area (Å²) >= 11 is 5.84. The van der Waals surface area contributed by atoms with Crippen molar-refractivity contribution < 1.29 is 9.90 Å². The van der Waals surface area contributed by atoms with Gasteiger partial charge in [-0.3, -0.25) is 4.79 Å². The van der Waals surface area contributed by atoms with Crippen LogP contribution >= 0.6 is 11.6 Å². The number of aliphatic hydroxyl groups excluding tert-OH is 1. The van der Waals surface area contributed by atoms with Gasteiger partial charge in [0, 0.05) is 23.7 Å². The number of hydrogen-bond donors (Lipinski definition) is 1. The predicted octanol–water partition coefficient (Wildman–Crippen LogP) is 1.86. The van der Waals surface area contributed by atoms with Crippen LogP contribution in [0, 0.1) is 6.92 Å². The van der Waals surface area contributed by atoms with E-state index in [1.165, 1.54) is 0 Å². The largest absolute Gasteiger partial charge is 0.391 e. The van der Waals surface area contributed by atoms with Crippen LogP contribution in [0.15, 0.2) is 18.2 Å². The third-order valence-electron chi connectivity index (χ3n) is 2.87. The van der Waals surface area contributed by atoms with Crippen LogP contribution in [0.25, 0.3) is 0 Å². The van der Waals surface area contributed by atoms with Crippen LogP contribution in [0.5, 0.6) is 0 Å². The van der Waals surface area contributed by atoms with Crippen molar-refractivity contribution in [2.24, 2.45) is 0 Å². The quantitative estimate of drug-likeness (QED) is 0.813. The van der Waals surface area contributed by atoms with E-state index in [1.807, 2.05) is 6.92 Å². The van der Waals surface area contributed by atoms with E-state index in [4.69, 9.17) is 11.6 Å². The van der Waals surface area contributed by atoms with Crippen molar-refractivity contribution in [2.45, 2.75) is 19.4 Å². The molecule has 1 heterocycles. The summed E-state index contributed by atoms with van der Waals surface area (Å²) in [6, 6.07) is 5.24. The van der Waals surface area contributed by atoms with E-state index in [0.717, 1.165) is 5.56 Å². The first kappa shape index (κ1) is 11.4. The Kier molecular flexibility index (Phi) is 3.17. The Morgan fingerprint density at radius 3 is 2.88 bits per heavy atom. The van der Waals surface area contributed by atoms with Gasteiger partial charge in [0.15, 0.2) is 0 Å². The van der Waals surface area contributed by atoms with Crippen molar-refractivity contribution in [3.8, 4) is 0 Å². The van der Waals surface area contributed by atoms with Crippen molar-refractivity contribution >= 4 is 17.5 Å².